The number of carbonyl (C=O) groups is 1. The summed E-state index contributed by atoms with van der Waals surface area (Å²) in [6, 6.07) is 0.779. The number of azide groups is 1. The van der Waals surface area contributed by atoms with Gasteiger partial charge >= 0.3 is 5.97 Å². The summed E-state index contributed by atoms with van der Waals surface area (Å²) >= 11 is 0. The highest BCUT2D eigenvalue weighted by Gasteiger charge is 2.12. The van der Waals surface area contributed by atoms with Crippen molar-refractivity contribution in [3.63, 3.8) is 0 Å². The molecule has 16 heavy (non-hydrogen) atoms. The predicted molar refractivity (Wildman–Crippen MR) is 56.4 cm³/mol. The first-order valence-corrected chi connectivity index (χ1v) is 4.55. The molecule has 84 valence electrons. The van der Waals surface area contributed by atoms with E-state index in [1.54, 1.807) is 18.5 Å². The maximum atomic E-state index is 10.5. The van der Waals surface area contributed by atoms with Gasteiger partial charge in [-0.1, -0.05) is 11.2 Å². The van der Waals surface area contributed by atoms with Crippen LogP contribution < -0.4 is 5.73 Å². The molecule has 0 saturated heterocycles. The molecule has 0 spiro atoms. The Morgan fingerprint density at radius 1 is 1.62 bits per heavy atom. The number of rotatable bonds is 5. The van der Waals surface area contributed by atoms with Crippen molar-refractivity contribution in [2.24, 2.45) is 10.8 Å². The van der Waals surface area contributed by atoms with E-state index in [-0.39, 0.29) is 13.0 Å². The van der Waals surface area contributed by atoms with E-state index < -0.39 is 12.0 Å². The topological polar surface area (TPSA) is 125 Å². The number of hydrogen-bond acceptors (Lipinski definition) is 4. The zero-order chi connectivity index (χ0) is 12.0. The molecule has 7 nitrogen and oxygen atoms in total. The molecule has 0 saturated carbocycles. The average molecular weight is 221 g/mol. The molecule has 0 aliphatic carbocycles. The Hall–Kier alpha value is -2.11. The van der Waals surface area contributed by atoms with Gasteiger partial charge < -0.3 is 10.8 Å². The molecule has 0 unspecified atom stereocenters. The Kier molecular flexibility index (Phi) is 4.26. The Bertz CT molecular complexity index is 428. The van der Waals surface area contributed by atoms with E-state index in [2.05, 4.69) is 15.0 Å². The third kappa shape index (κ3) is 3.56. The van der Waals surface area contributed by atoms with Crippen LogP contribution in [0.2, 0.25) is 0 Å². The Morgan fingerprint density at radius 2 is 2.31 bits per heavy atom. The summed E-state index contributed by atoms with van der Waals surface area (Å²) in [6.45, 7) is 0.194. The summed E-state index contributed by atoms with van der Waals surface area (Å²) in [5, 5.41) is 12.0. The minimum atomic E-state index is -1.06. The number of aromatic nitrogens is 1. The van der Waals surface area contributed by atoms with E-state index in [4.69, 9.17) is 16.4 Å². The highest BCUT2D eigenvalue weighted by Crippen LogP contribution is 2.06. The summed E-state index contributed by atoms with van der Waals surface area (Å²) < 4.78 is 0. The summed E-state index contributed by atoms with van der Waals surface area (Å²) in [5.74, 6) is -1.06. The Morgan fingerprint density at radius 3 is 2.94 bits per heavy atom. The molecule has 0 aliphatic heterocycles. The quantitative estimate of drug-likeness (QED) is 0.434. The van der Waals surface area contributed by atoms with E-state index in [1.807, 2.05) is 0 Å². The largest absolute Gasteiger partial charge is 0.480 e. The molecule has 1 aromatic heterocycles. The van der Waals surface area contributed by atoms with Gasteiger partial charge in [-0.2, -0.15) is 0 Å². The first kappa shape index (κ1) is 12.0. The lowest BCUT2D eigenvalue weighted by Crippen LogP contribution is -2.32. The van der Waals surface area contributed by atoms with Gasteiger partial charge in [-0.15, -0.1) is 0 Å². The molecule has 0 amide bonds. The van der Waals surface area contributed by atoms with Crippen molar-refractivity contribution in [2.45, 2.75) is 19.0 Å². The van der Waals surface area contributed by atoms with Gasteiger partial charge in [-0.25, -0.2) is 0 Å². The van der Waals surface area contributed by atoms with Gasteiger partial charge in [-0.05, 0) is 23.1 Å². The smallest absolute Gasteiger partial charge is 0.320 e. The van der Waals surface area contributed by atoms with Crippen LogP contribution in [0.3, 0.4) is 0 Å². The number of nitrogens with zero attached hydrogens (tertiary/aromatic N) is 4. The zero-order valence-corrected chi connectivity index (χ0v) is 8.45. The molecule has 0 radical (unpaired) electrons. The molecule has 0 aliphatic rings. The molecule has 7 heteroatoms. The average Bonchev–Trinajstić information content (AvgIpc) is 2.26. The molecule has 0 fully saturated rings. The third-order valence-electron chi connectivity index (χ3n) is 1.94. The number of nitrogens with two attached hydrogens (primary N) is 1. The lowest BCUT2D eigenvalue weighted by Gasteiger charge is -2.06. The van der Waals surface area contributed by atoms with Crippen molar-refractivity contribution in [1.82, 2.24) is 4.98 Å². The van der Waals surface area contributed by atoms with Crippen molar-refractivity contribution in [3.05, 3.63) is 40.0 Å². The first-order chi connectivity index (χ1) is 7.63. The summed E-state index contributed by atoms with van der Waals surface area (Å²) in [4.78, 5) is 17.1. The molecule has 1 rings (SSSR count). The fourth-order valence-corrected chi connectivity index (χ4v) is 1.19. The van der Waals surface area contributed by atoms with Crippen molar-refractivity contribution in [2.75, 3.05) is 0 Å². The molecule has 1 heterocycles. The van der Waals surface area contributed by atoms with Crippen LogP contribution in [0.25, 0.3) is 10.4 Å². The van der Waals surface area contributed by atoms with Crippen LogP contribution >= 0.6 is 0 Å². The number of aliphatic carboxylic acids is 1. The van der Waals surface area contributed by atoms with Crippen molar-refractivity contribution in [3.8, 4) is 0 Å². The van der Waals surface area contributed by atoms with Crippen LogP contribution in [0.1, 0.15) is 11.1 Å². The van der Waals surface area contributed by atoms with E-state index >= 15 is 0 Å². The number of carboxylic acids is 1. The van der Waals surface area contributed by atoms with E-state index in [9.17, 15) is 4.79 Å². The number of carboxylic acid groups (broad SMARTS) is 1. The standard InChI is InChI=1S/C9H11N5O2/c10-8(9(15)16)2-6-1-7(4-12-3-6)5-13-14-11/h1,3-4,8H,2,5,10H2,(H,15,16)/t8-/m0/s1. The van der Waals surface area contributed by atoms with Gasteiger partial charge in [0.05, 0.1) is 6.54 Å². The second-order valence-electron chi connectivity index (χ2n) is 3.24. The van der Waals surface area contributed by atoms with Crippen LogP contribution in [0.15, 0.2) is 23.6 Å². The van der Waals surface area contributed by atoms with Crippen LogP contribution in [0.4, 0.5) is 0 Å². The highest BCUT2D eigenvalue weighted by atomic mass is 16.4. The fraction of sp³-hybridized carbons (Fsp3) is 0.333. The molecular formula is C9H11N5O2. The van der Waals surface area contributed by atoms with Crippen LogP contribution in [-0.2, 0) is 17.8 Å². The number of pyridine rings is 1. The lowest BCUT2D eigenvalue weighted by molar-refractivity contribution is -0.138. The molecule has 0 bridgehead atoms. The molecule has 0 aromatic carbocycles. The van der Waals surface area contributed by atoms with Gasteiger partial charge in [0, 0.05) is 17.3 Å². The van der Waals surface area contributed by atoms with Gasteiger partial charge in [0.25, 0.3) is 0 Å². The monoisotopic (exact) mass is 221 g/mol. The van der Waals surface area contributed by atoms with Crippen molar-refractivity contribution < 1.29 is 9.90 Å². The summed E-state index contributed by atoms with van der Waals surface area (Å²) in [6.07, 6.45) is 3.30. The zero-order valence-electron chi connectivity index (χ0n) is 8.45. The van der Waals surface area contributed by atoms with E-state index in [1.165, 1.54) is 0 Å². The second-order valence-corrected chi connectivity index (χ2v) is 3.24. The lowest BCUT2D eigenvalue weighted by atomic mass is 10.1. The van der Waals surface area contributed by atoms with Gasteiger partial charge in [0.2, 0.25) is 0 Å². The number of hydrogen-bond donors (Lipinski definition) is 2. The summed E-state index contributed by atoms with van der Waals surface area (Å²) in [5.41, 5.74) is 15.0. The maximum Gasteiger partial charge on any atom is 0.320 e. The molecule has 1 atom stereocenters. The second kappa shape index (κ2) is 5.69. The minimum Gasteiger partial charge on any atom is -0.480 e. The summed E-state index contributed by atoms with van der Waals surface area (Å²) in [7, 11) is 0. The van der Waals surface area contributed by atoms with E-state index in [0.717, 1.165) is 5.56 Å². The molecule has 3 N–H and O–H groups in total. The Balaban J connectivity index is 2.74. The van der Waals surface area contributed by atoms with Crippen molar-refractivity contribution >= 4 is 5.97 Å². The predicted octanol–water partition coefficient (Wildman–Crippen LogP) is 0.846. The molecular weight excluding hydrogens is 210 g/mol. The van der Waals surface area contributed by atoms with Gasteiger partial charge in [0.1, 0.15) is 6.04 Å². The van der Waals surface area contributed by atoms with Crippen LogP contribution in [-0.4, -0.2) is 22.1 Å². The fourth-order valence-electron chi connectivity index (χ4n) is 1.19. The highest BCUT2D eigenvalue weighted by molar-refractivity contribution is 5.73. The van der Waals surface area contributed by atoms with Crippen LogP contribution in [0.5, 0.6) is 0 Å². The Labute approximate surface area is 91.5 Å². The molecule has 1 aromatic rings. The SMILES string of the molecule is [N-]=[N+]=NCc1cncc(C[C@H](N)C(=O)O)c1. The van der Waals surface area contributed by atoms with E-state index in [0.29, 0.717) is 5.56 Å². The minimum absolute atomic E-state index is 0.194. The van der Waals surface area contributed by atoms with Crippen molar-refractivity contribution in [1.29, 1.82) is 0 Å². The van der Waals surface area contributed by atoms with Gasteiger partial charge in [0.15, 0.2) is 0 Å². The van der Waals surface area contributed by atoms with Gasteiger partial charge in [-0.3, -0.25) is 9.78 Å². The third-order valence-corrected chi connectivity index (χ3v) is 1.94. The van der Waals surface area contributed by atoms with Crippen LogP contribution in [0, 0.1) is 0 Å². The normalized spacial score (nSPS) is 11.6. The maximum absolute atomic E-state index is 10.5. The first-order valence-electron chi connectivity index (χ1n) is 4.55.